The second-order valence-electron chi connectivity index (χ2n) is 7.75. The third kappa shape index (κ3) is 4.12. The second-order valence-corrected chi connectivity index (χ2v) is 7.75. The van der Waals surface area contributed by atoms with Crippen LogP contribution >= 0.6 is 0 Å². The van der Waals surface area contributed by atoms with Gasteiger partial charge in [0, 0.05) is 24.8 Å². The van der Waals surface area contributed by atoms with Crippen molar-refractivity contribution in [1.29, 1.82) is 0 Å². The minimum absolute atomic E-state index is 0.00171. The lowest BCUT2D eigenvalue weighted by Gasteiger charge is -2.40. The van der Waals surface area contributed by atoms with Crippen LogP contribution in [0.25, 0.3) is 0 Å². The van der Waals surface area contributed by atoms with Gasteiger partial charge in [-0.15, -0.1) is 0 Å². The molecule has 2 aromatic rings. The molecule has 10 nitrogen and oxygen atoms in total. The van der Waals surface area contributed by atoms with E-state index >= 15 is 0 Å². The highest BCUT2D eigenvalue weighted by Gasteiger charge is 2.30. The number of nitrogens with one attached hydrogen (secondary N) is 2. The molecule has 1 saturated carbocycles. The number of hydrogen-bond acceptors (Lipinski definition) is 7. The van der Waals surface area contributed by atoms with E-state index in [9.17, 15) is 9.59 Å². The second kappa shape index (κ2) is 8.13. The topological polar surface area (TPSA) is 131 Å². The van der Waals surface area contributed by atoms with E-state index in [0.717, 1.165) is 37.9 Å². The van der Waals surface area contributed by atoms with Crippen LogP contribution in [0.4, 0.5) is 17.3 Å². The van der Waals surface area contributed by atoms with Gasteiger partial charge in [0.25, 0.3) is 5.91 Å². The number of anilines is 3. The molecule has 10 heteroatoms. The number of nitrogens with two attached hydrogens (primary N) is 1. The Balaban J connectivity index is 1.58. The van der Waals surface area contributed by atoms with Gasteiger partial charge in [-0.25, -0.2) is 9.97 Å². The van der Waals surface area contributed by atoms with Gasteiger partial charge in [0.15, 0.2) is 11.5 Å². The largest absolute Gasteiger partial charge is 0.364 e. The van der Waals surface area contributed by atoms with Crippen molar-refractivity contribution in [1.82, 2.24) is 25.1 Å². The lowest BCUT2D eigenvalue weighted by atomic mass is 9.97. The Morgan fingerprint density at radius 3 is 2.80 bits per heavy atom. The number of amides is 2. The predicted octanol–water partition coefficient (Wildman–Crippen LogP) is 1.51. The smallest absolute Gasteiger partial charge is 0.271 e. The van der Waals surface area contributed by atoms with Crippen LogP contribution in [0.1, 0.15) is 49.1 Å². The Morgan fingerprint density at radius 1 is 1.30 bits per heavy atom. The zero-order chi connectivity index (χ0) is 21.3. The molecule has 0 bridgehead atoms. The Morgan fingerprint density at radius 2 is 2.10 bits per heavy atom. The molecule has 1 saturated heterocycles. The first kappa shape index (κ1) is 19.9. The van der Waals surface area contributed by atoms with Crippen molar-refractivity contribution >= 4 is 29.1 Å². The molecule has 1 aliphatic heterocycles. The zero-order valence-corrected chi connectivity index (χ0v) is 16.9. The minimum atomic E-state index is -0.658. The standard InChI is InChI=1S/C20H26N8O2/c1-3-17(29)25-15-5-4-8-27(12(15)2)16-10-22-18(19(21)30)20(26-16)24-13-9-23-28(11-13)14-6-7-14/h3,9-12,14-15H,1,4-8H2,2H3,(H2,21,30)(H,24,26)(H,25,29)/t12-,15-/m1/s1. The Hall–Kier alpha value is -3.43. The summed E-state index contributed by atoms with van der Waals surface area (Å²) >= 11 is 0. The van der Waals surface area contributed by atoms with Crippen LogP contribution in [0.15, 0.2) is 31.2 Å². The van der Waals surface area contributed by atoms with Gasteiger partial charge in [-0.1, -0.05) is 6.58 Å². The molecular weight excluding hydrogens is 384 g/mol. The van der Waals surface area contributed by atoms with Crippen LogP contribution in [-0.2, 0) is 4.79 Å². The molecule has 0 spiro atoms. The van der Waals surface area contributed by atoms with E-state index in [1.54, 1.807) is 12.4 Å². The maximum atomic E-state index is 11.9. The molecule has 2 atom stereocenters. The molecule has 158 valence electrons. The number of hydrogen-bond donors (Lipinski definition) is 3. The van der Waals surface area contributed by atoms with E-state index in [1.165, 1.54) is 6.08 Å². The van der Waals surface area contributed by atoms with Gasteiger partial charge in [0.2, 0.25) is 5.91 Å². The van der Waals surface area contributed by atoms with Crippen molar-refractivity contribution in [3.63, 3.8) is 0 Å². The van der Waals surface area contributed by atoms with Crippen LogP contribution in [0.2, 0.25) is 0 Å². The fourth-order valence-electron chi connectivity index (χ4n) is 3.76. The van der Waals surface area contributed by atoms with Crippen LogP contribution in [0.3, 0.4) is 0 Å². The minimum Gasteiger partial charge on any atom is -0.364 e. The van der Waals surface area contributed by atoms with E-state index in [-0.39, 0.29) is 23.7 Å². The first-order valence-corrected chi connectivity index (χ1v) is 10.1. The number of primary amides is 1. The molecule has 4 rings (SSSR count). The Labute approximate surface area is 174 Å². The van der Waals surface area contributed by atoms with Crippen molar-refractivity contribution < 1.29 is 9.59 Å². The molecule has 3 heterocycles. The lowest BCUT2D eigenvalue weighted by Crippen LogP contribution is -2.54. The average Bonchev–Trinajstić information content (AvgIpc) is 3.48. The van der Waals surface area contributed by atoms with E-state index in [4.69, 9.17) is 5.73 Å². The van der Waals surface area contributed by atoms with Crippen molar-refractivity contribution in [2.45, 2.75) is 50.7 Å². The zero-order valence-electron chi connectivity index (χ0n) is 16.9. The van der Waals surface area contributed by atoms with Crippen LogP contribution in [0, 0.1) is 0 Å². The summed E-state index contributed by atoms with van der Waals surface area (Å²) in [5.41, 5.74) is 6.30. The monoisotopic (exact) mass is 410 g/mol. The van der Waals surface area contributed by atoms with Crippen molar-refractivity contribution in [3.05, 3.63) is 36.9 Å². The number of carbonyl (C=O) groups excluding carboxylic acids is 2. The highest BCUT2D eigenvalue weighted by molar-refractivity contribution is 5.96. The predicted molar refractivity (Wildman–Crippen MR) is 113 cm³/mol. The number of nitrogens with zero attached hydrogens (tertiary/aromatic N) is 5. The quantitative estimate of drug-likeness (QED) is 0.590. The van der Waals surface area contributed by atoms with Gasteiger partial charge in [0.1, 0.15) is 5.82 Å². The summed E-state index contributed by atoms with van der Waals surface area (Å²) in [5.74, 6) is 0.0507. The van der Waals surface area contributed by atoms with Crippen molar-refractivity contribution in [2.24, 2.45) is 5.73 Å². The molecule has 2 fully saturated rings. The molecule has 1 aliphatic carbocycles. The Kier molecular flexibility index (Phi) is 5.39. The fourth-order valence-corrected chi connectivity index (χ4v) is 3.76. The molecule has 2 aliphatic rings. The first-order valence-electron chi connectivity index (χ1n) is 10.1. The number of aromatic nitrogens is 4. The molecule has 30 heavy (non-hydrogen) atoms. The van der Waals surface area contributed by atoms with Gasteiger partial charge < -0.3 is 21.3 Å². The summed E-state index contributed by atoms with van der Waals surface area (Å²) in [6, 6.07) is 0.419. The van der Waals surface area contributed by atoms with Crippen LogP contribution in [0.5, 0.6) is 0 Å². The summed E-state index contributed by atoms with van der Waals surface area (Å²) in [6.45, 7) is 6.32. The summed E-state index contributed by atoms with van der Waals surface area (Å²) in [5, 5.41) is 10.5. The maximum Gasteiger partial charge on any atom is 0.271 e. The van der Waals surface area contributed by atoms with E-state index in [1.807, 2.05) is 17.8 Å². The SMILES string of the molecule is C=CC(=O)N[C@@H]1CCCN(c2cnc(C(N)=O)c(Nc3cnn(C4CC4)c3)n2)[C@@H]1C. The van der Waals surface area contributed by atoms with Gasteiger partial charge in [-0.2, -0.15) is 5.10 Å². The summed E-state index contributed by atoms with van der Waals surface area (Å²) < 4.78 is 1.91. The Bertz CT molecular complexity index is 967. The maximum absolute atomic E-state index is 11.9. The van der Waals surface area contributed by atoms with E-state index in [2.05, 4.69) is 37.2 Å². The summed E-state index contributed by atoms with van der Waals surface area (Å²) in [7, 11) is 0. The molecule has 0 unspecified atom stereocenters. The van der Waals surface area contributed by atoms with Gasteiger partial charge in [0.05, 0.1) is 24.1 Å². The number of piperidine rings is 1. The normalized spacial score (nSPS) is 21.2. The average molecular weight is 410 g/mol. The third-order valence-corrected chi connectivity index (χ3v) is 5.57. The summed E-state index contributed by atoms with van der Waals surface area (Å²) in [6.07, 6.45) is 10.4. The third-order valence-electron chi connectivity index (χ3n) is 5.57. The molecule has 4 N–H and O–H groups in total. The van der Waals surface area contributed by atoms with Crippen LogP contribution < -0.4 is 21.3 Å². The van der Waals surface area contributed by atoms with E-state index in [0.29, 0.717) is 17.7 Å². The summed E-state index contributed by atoms with van der Waals surface area (Å²) in [4.78, 5) is 34.6. The van der Waals surface area contributed by atoms with Crippen molar-refractivity contribution in [2.75, 3.05) is 16.8 Å². The molecule has 0 aromatic carbocycles. The first-order chi connectivity index (χ1) is 14.5. The van der Waals surface area contributed by atoms with Gasteiger partial charge in [-0.05, 0) is 38.7 Å². The van der Waals surface area contributed by atoms with Gasteiger partial charge in [-0.3, -0.25) is 14.3 Å². The highest BCUT2D eigenvalue weighted by Crippen LogP contribution is 2.35. The highest BCUT2D eigenvalue weighted by atomic mass is 16.2. The van der Waals surface area contributed by atoms with E-state index < -0.39 is 5.91 Å². The fraction of sp³-hybridized carbons (Fsp3) is 0.450. The number of carbonyl (C=O) groups is 2. The van der Waals surface area contributed by atoms with Gasteiger partial charge >= 0.3 is 0 Å². The lowest BCUT2D eigenvalue weighted by molar-refractivity contribution is -0.117. The van der Waals surface area contributed by atoms with Crippen molar-refractivity contribution in [3.8, 4) is 0 Å². The molecule has 2 aromatic heterocycles. The molecular formula is C20H26N8O2. The van der Waals surface area contributed by atoms with Crippen LogP contribution in [-0.4, -0.2) is 50.2 Å². The molecule has 2 amide bonds. The molecule has 0 radical (unpaired) electrons. The number of rotatable bonds is 7.